The van der Waals surface area contributed by atoms with E-state index in [0.29, 0.717) is 11.3 Å². The molecule has 0 aliphatic heterocycles. The molecule has 0 radical (unpaired) electrons. The highest BCUT2D eigenvalue weighted by atomic mass is 19.1. The zero-order valence-electron chi connectivity index (χ0n) is 10.4. The molecule has 0 saturated carbocycles. The average molecular weight is 270 g/mol. The maximum Gasteiger partial charge on any atom is 0.274 e. The van der Waals surface area contributed by atoms with Gasteiger partial charge in [-0.3, -0.25) is 4.79 Å². The molecular weight excluding hydrogens is 259 g/mol. The lowest BCUT2D eigenvalue weighted by atomic mass is 10.2. The summed E-state index contributed by atoms with van der Waals surface area (Å²) in [7, 11) is 0. The van der Waals surface area contributed by atoms with Crippen molar-refractivity contribution in [2.75, 3.05) is 11.9 Å². The van der Waals surface area contributed by atoms with Gasteiger partial charge in [-0.1, -0.05) is 17.9 Å². The minimum absolute atomic E-state index is 0.198. The highest BCUT2D eigenvalue weighted by Gasteiger charge is 2.07. The van der Waals surface area contributed by atoms with Gasteiger partial charge in [-0.15, -0.1) is 0 Å². The number of carbonyl (C=O) groups is 1. The molecule has 0 bridgehead atoms. The molecule has 20 heavy (non-hydrogen) atoms. The van der Waals surface area contributed by atoms with Crippen molar-refractivity contribution in [1.29, 1.82) is 0 Å². The molecule has 0 atom stereocenters. The predicted molar refractivity (Wildman–Crippen MR) is 72.6 cm³/mol. The van der Waals surface area contributed by atoms with Crippen LogP contribution in [0.5, 0.6) is 0 Å². The Morgan fingerprint density at radius 1 is 1.35 bits per heavy atom. The number of aromatic nitrogens is 1. The quantitative estimate of drug-likeness (QED) is 0.818. The number of anilines is 1. The first-order valence-corrected chi connectivity index (χ1v) is 5.82. The number of carbonyl (C=O) groups excluding carboxylic acids is 1. The summed E-state index contributed by atoms with van der Waals surface area (Å²) in [5.74, 6) is 4.30. The summed E-state index contributed by atoms with van der Waals surface area (Å²) in [5.41, 5.74) is 1.16. The Morgan fingerprint density at radius 3 is 2.85 bits per heavy atom. The zero-order valence-corrected chi connectivity index (χ0v) is 10.4. The van der Waals surface area contributed by atoms with Crippen LogP contribution in [0.2, 0.25) is 0 Å². The number of hydrogen-bond acceptors (Lipinski definition) is 3. The van der Waals surface area contributed by atoms with Crippen LogP contribution in [0.15, 0.2) is 42.6 Å². The molecule has 100 valence electrons. The smallest absolute Gasteiger partial charge is 0.274 e. The van der Waals surface area contributed by atoms with Crippen LogP contribution >= 0.6 is 0 Å². The Bertz CT molecular complexity index is 672. The van der Waals surface area contributed by atoms with Crippen LogP contribution in [0.1, 0.15) is 16.1 Å². The van der Waals surface area contributed by atoms with Crippen LogP contribution in [0.3, 0.4) is 0 Å². The summed E-state index contributed by atoms with van der Waals surface area (Å²) in [6.07, 6.45) is 1.43. The van der Waals surface area contributed by atoms with E-state index in [1.165, 1.54) is 30.5 Å². The van der Waals surface area contributed by atoms with Gasteiger partial charge in [0, 0.05) is 17.4 Å². The molecule has 0 aliphatic carbocycles. The van der Waals surface area contributed by atoms with E-state index in [4.69, 9.17) is 5.11 Å². The Labute approximate surface area is 115 Å². The molecule has 0 saturated heterocycles. The van der Waals surface area contributed by atoms with Gasteiger partial charge in [-0.2, -0.15) is 0 Å². The first-order chi connectivity index (χ1) is 9.69. The number of aliphatic hydroxyl groups excluding tert-OH is 1. The summed E-state index contributed by atoms with van der Waals surface area (Å²) < 4.78 is 13.0. The zero-order chi connectivity index (χ0) is 14.4. The van der Waals surface area contributed by atoms with E-state index < -0.39 is 11.7 Å². The number of nitrogens with zero attached hydrogens (tertiary/aromatic N) is 1. The number of nitrogens with one attached hydrogen (secondary N) is 1. The largest absolute Gasteiger partial charge is 0.384 e. The van der Waals surface area contributed by atoms with Crippen molar-refractivity contribution in [1.82, 2.24) is 4.98 Å². The van der Waals surface area contributed by atoms with Crippen molar-refractivity contribution in [3.63, 3.8) is 0 Å². The molecule has 0 unspecified atom stereocenters. The number of amides is 1. The molecule has 2 N–H and O–H groups in total. The molecule has 1 heterocycles. The molecule has 4 nitrogen and oxygen atoms in total. The fraction of sp³-hybridized carbons (Fsp3) is 0.0667. The van der Waals surface area contributed by atoms with Crippen LogP contribution in [0, 0.1) is 17.7 Å². The van der Waals surface area contributed by atoms with E-state index in [0.717, 1.165) is 0 Å². The molecule has 0 aliphatic rings. The van der Waals surface area contributed by atoms with Gasteiger partial charge in [0.2, 0.25) is 0 Å². The van der Waals surface area contributed by atoms with Crippen molar-refractivity contribution in [2.24, 2.45) is 0 Å². The lowest BCUT2D eigenvalue weighted by Crippen LogP contribution is -2.13. The number of pyridine rings is 1. The number of aliphatic hydroxyl groups is 1. The molecular formula is C15H11FN2O2. The standard InChI is InChI=1S/C15H11FN2O2/c16-12-4-1-5-13(9-12)18-15(20)14-7-6-11(10-17-14)3-2-8-19/h1,4-7,9-10,19H,8H2,(H,18,20). The first-order valence-electron chi connectivity index (χ1n) is 5.82. The number of halogens is 1. The molecule has 2 rings (SSSR count). The fourth-order valence-electron chi connectivity index (χ4n) is 1.51. The predicted octanol–water partition coefficient (Wildman–Crippen LogP) is 1.82. The summed E-state index contributed by atoms with van der Waals surface area (Å²) in [6.45, 7) is -0.234. The third-order valence-corrected chi connectivity index (χ3v) is 2.39. The van der Waals surface area contributed by atoms with Gasteiger partial charge in [0.15, 0.2) is 0 Å². The van der Waals surface area contributed by atoms with E-state index in [2.05, 4.69) is 22.1 Å². The monoisotopic (exact) mass is 270 g/mol. The normalized spacial score (nSPS) is 9.50. The second-order valence-corrected chi connectivity index (χ2v) is 3.86. The van der Waals surface area contributed by atoms with Crippen LogP contribution in [-0.4, -0.2) is 22.6 Å². The lowest BCUT2D eigenvalue weighted by Gasteiger charge is -2.04. The highest BCUT2D eigenvalue weighted by molar-refractivity contribution is 6.02. The molecule has 1 aromatic carbocycles. The molecule has 1 aromatic heterocycles. The summed E-state index contributed by atoms with van der Waals surface area (Å²) in [6, 6.07) is 8.74. The third kappa shape index (κ3) is 3.64. The maximum absolute atomic E-state index is 13.0. The second-order valence-electron chi connectivity index (χ2n) is 3.86. The number of rotatable bonds is 2. The Hall–Kier alpha value is -2.71. The van der Waals surface area contributed by atoms with Crippen LogP contribution in [0.4, 0.5) is 10.1 Å². The minimum Gasteiger partial charge on any atom is -0.384 e. The van der Waals surface area contributed by atoms with Crippen molar-refractivity contribution in [3.8, 4) is 11.8 Å². The highest BCUT2D eigenvalue weighted by Crippen LogP contribution is 2.10. The SMILES string of the molecule is O=C(Nc1cccc(F)c1)c1ccc(C#CCO)cn1. The molecule has 0 fully saturated rings. The van der Waals surface area contributed by atoms with Crippen molar-refractivity contribution in [3.05, 3.63) is 59.7 Å². The summed E-state index contributed by atoms with van der Waals surface area (Å²) in [4.78, 5) is 15.8. The molecule has 0 spiro atoms. The minimum atomic E-state index is -0.433. The van der Waals surface area contributed by atoms with Crippen molar-refractivity contribution < 1.29 is 14.3 Å². The Kier molecular flexibility index (Phi) is 4.43. The lowest BCUT2D eigenvalue weighted by molar-refractivity contribution is 0.102. The van der Waals surface area contributed by atoms with Crippen LogP contribution in [-0.2, 0) is 0 Å². The maximum atomic E-state index is 13.0. The van der Waals surface area contributed by atoms with Gasteiger partial charge in [-0.25, -0.2) is 9.37 Å². The van der Waals surface area contributed by atoms with E-state index in [1.54, 1.807) is 12.1 Å². The van der Waals surface area contributed by atoms with Crippen LogP contribution in [0.25, 0.3) is 0 Å². The first kappa shape index (κ1) is 13.7. The topological polar surface area (TPSA) is 62.2 Å². The van der Waals surface area contributed by atoms with Gasteiger partial charge in [0.05, 0.1) is 0 Å². The van der Waals surface area contributed by atoms with Gasteiger partial charge in [0.1, 0.15) is 18.1 Å². The number of hydrogen-bond donors (Lipinski definition) is 2. The second kappa shape index (κ2) is 6.45. The molecule has 1 amide bonds. The van der Waals surface area contributed by atoms with E-state index in [9.17, 15) is 9.18 Å². The van der Waals surface area contributed by atoms with Crippen molar-refractivity contribution >= 4 is 11.6 Å². The van der Waals surface area contributed by atoms with Crippen LogP contribution < -0.4 is 5.32 Å². The van der Waals surface area contributed by atoms with E-state index >= 15 is 0 Å². The summed E-state index contributed by atoms with van der Waals surface area (Å²) >= 11 is 0. The number of benzene rings is 1. The van der Waals surface area contributed by atoms with Gasteiger partial charge in [0.25, 0.3) is 5.91 Å². The average Bonchev–Trinajstić information content (AvgIpc) is 2.45. The molecule has 5 heteroatoms. The Morgan fingerprint density at radius 2 is 2.20 bits per heavy atom. The van der Waals surface area contributed by atoms with Gasteiger partial charge >= 0.3 is 0 Å². The van der Waals surface area contributed by atoms with E-state index in [1.807, 2.05) is 0 Å². The van der Waals surface area contributed by atoms with E-state index in [-0.39, 0.29) is 12.3 Å². The third-order valence-electron chi connectivity index (χ3n) is 2.39. The molecule has 2 aromatic rings. The van der Waals surface area contributed by atoms with Gasteiger partial charge in [-0.05, 0) is 30.3 Å². The summed E-state index contributed by atoms with van der Waals surface area (Å²) in [5, 5.41) is 11.1. The fourth-order valence-corrected chi connectivity index (χ4v) is 1.51. The van der Waals surface area contributed by atoms with Crippen molar-refractivity contribution in [2.45, 2.75) is 0 Å². The van der Waals surface area contributed by atoms with Gasteiger partial charge < -0.3 is 10.4 Å². The Balaban J connectivity index is 2.09.